The molecule has 1 aliphatic rings. The van der Waals surface area contributed by atoms with Gasteiger partial charge in [-0.25, -0.2) is 18.4 Å². The van der Waals surface area contributed by atoms with Crippen molar-refractivity contribution in [1.82, 2.24) is 14.3 Å². The lowest BCUT2D eigenvalue weighted by molar-refractivity contribution is 0.346. The van der Waals surface area contributed by atoms with Crippen molar-refractivity contribution in [1.29, 1.82) is 0 Å². The Morgan fingerprint density at radius 3 is 2.59 bits per heavy atom. The first-order valence-corrected chi connectivity index (χ1v) is 10.3. The van der Waals surface area contributed by atoms with E-state index in [0.29, 0.717) is 13.1 Å². The molecule has 1 aliphatic heterocycles. The van der Waals surface area contributed by atoms with Gasteiger partial charge in [0.2, 0.25) is 10.0 Å². The standard InChI is InChI=1S/C14H17N3O2S3/c1-11-10-20-14(16-11)21-13-6-5-12(9-15-13)22(18,19)17-7-3-2-4-8-17/h5-6,9-10H,2-4,7-8H2,1H3. The second-order valence-corrected chi connectivity index (χ2v) is 9.22. The van der Waals surface area contributed by atoms with Crippen molar-refractivity contribution in [3.63, 3.8) is 0 Å². The third-order valence-corrected chi connectivity index (χ3v) is 7.34. The highest BCUT2D eigenvalue weighted by atomic mass is 32.2. The summed E-state index contributed by atoms with van der Waals surface area (Å²) in [6.45, 7) is 3.16. The molecule has 0 atom stereocenters. The molecule has 0 aliphatic carbocycles. The Hall–Kier alpha value is -0.960. The molecule has 0 N–H and O–H groups in total. The van der Waals surface area contributed by atoms with Gasteiger partial charge in [-0.3, -0.25) is 0 Å². The normalized spacial score (nSPS) is 16.8. The van der Waals surface area contributed by atoms with Crippen LogP contribution in [0.4, 0.5) is 0 Å². The van der Waals surface area contributed by atoms with Crippen molar-refractivity contribution in [3.8, 4) is 0 Å². The van der Waals surface area contributed by atoms with Crippen LogP contribution in [0.1, 0.15) is 25.0 Å². The predicted molar refractivity (Wildman–Crippen MR) is 87.8 cm³/mol. The lowest BCUT2D eigenvalue weighted by Crippen LogP contribution is -2.35. The Balaban J connectivity index is 1.75. The minimum Gasteiger partial charge on any atom is -0.248 e. The number of hydrogen-bond donors (Lipinski definition) is 0. The van der Waals surface area contributed by atoms with Crippen LogP contribution in [0.15, 0.2) is 38.0 Å². The molecule has 3 heterocycles. The molecule has 118 valence electrons. The maximum atomic E-state index is 12.5. The third-order valence-electron chi connectivity index (χ3n) is 3.45. The summed E-state index contributed by atoms with van der Waals surface area (Å²) >= 11 is 3.01. The molecule has 0 amide bonds. The minimum atomic E-state index is -3.40. The number of sulfonamides is 1. The summed E-state index contributed by atoms with van der Waals surface area (Å²) in [5.41, 5.74) is 0.983. The first-order valence-electron chi connectivity index (χ1n) is 7.12. The van der Waals surface area contributed by atoms with Crippen LogP contribution in [-0.2, 0) is 10.0 Å². The maximum Gasteiger partial charge on any atom is 0.244 e. The van der Waals surface area contributed by atoms with E-state index in [1.807, 2.05) is 12.3 Å². The smallest absolute Gasteiger partial charge is 0.244 e. The molecule has 8 heteroatoms. The second kappa shape index (κ2) is 6.66. The Labute approximate surface area is 138 Å². The summed E-state index contributed by atoms with van der Waals surface area (Å²) in [6, 6.07) is 3.39. The fourth-order valence-electron chi connectivity index (χ4n) is 2.30. The van der Waals surface area contributed by atoms with Crippen molar-refractivity contribution in [2.45, 2.75) is 40.4 Å². The van der Waals surface area contributed by atoms with E-state index in [0.717, 1.165) is 34.3 Å². The summed E-state index contributed by atoms with van der Waals surface area (Å²) in [6.07, 6.45) is 4.42. The van der Waals surface area contributed by atoms with Gasteiger partial charge in [-0.2, -0.15) is 4.31 Å². The topological polar surface area (TPSA) is 63.2 Å². The molecule has 0 aromatic carbocycles. The number of aromatic nitrogens is 2. The Kier molecular flexibility index (Phi) is 4.82. The molecular weight excluding hydrogens is 338 g/mol. The van der Waals surface area contributed by atoms with E-state index < -0.39 is 10.0 Å². The van der Waals surface area contributed by atoms with Gasteiger partial charge in [-0.1, -0.05) is 6.42 Å². The number of thiazole rings is 1. The third kappa shape index (κ3) is 3.51. The Bertz CT molecular complexity index is 735. The lowest BCUT2D eigenvalue weighted by Gasteiger charge is -2.25. The van der Waals surface area contributed by atoms with Crippen molar-refractivity contribution < 1.29 is 8.42 Å². The molecular formula is C14H17N3O2S3. The highest BCUT2D eigenvalue weighted by Crippen LogP contribution is 2.29. The van der Waals surface area contributed by atoms with Crippen LogP contribution in [-0.4, -0.2) is 35.8 Å². The van der Waals surface area contributed by atoms with Gasteiger partial charge < -0.3 is 0 Å². The number of rotatable bonds is 4. The van der Waals surface area contributed by atoms with Crippen LogP contribution < -0.4 is 0 Å². The largest absolute Gasteiger partial charge is 0.248 e. The molecule has 0 saturated carbocycles. The second-order valence-electron chi connectivity index (χ2n) is 5.15. The van der Waals surface area contributed by atoms with Crippen LogP contribution in [0.5, 0.6) is 0 Å². The highest BCUT2D eigenvalue weighted by molar-refractivity contribution is 8.01. The van der Waals surface area contributed by atoms with E-state index in [1.54, 1.807) is 27.8 Å². The highest BCUT2D eigenvalue weighted by Gasteiger charge is 2.26. The zero-order chi connectivity index (χ0) is 15.6. The predicted octanol–water partition coefficient (Wildman–Crippen LogP) is 3.17. The molecule has 5 nitrogen and oxygen atoms in total. The zero-order valence-electron chi connectivity index (χ0n) is 12.2. The molecule has 0 spiro atoms. The molecule has 22 heavy (non-hydrogen) atoms. The molecule has 1 fully saturated rings. The Morgan fingerprint density at radius 2 is 2.00 bits per heavy atom. The summed E-state index contributed by atoms with van der Waals surface area (Å²) < 4.78 is 27.5. The Morgan fingerprint density at radius 1 is 1.23 bits per heavy atom. The maximum absolute atomic E-state index is 12.5. The van der Waals surface area contributed by atoms with Crippen molar-refractivity contribution in [2.24, 2.45) is 0 Å². The van der Waals surface area contributed by atoms with Crippen LogP contribution in [0.3, 0.4) is 0 Å². The number of aryl methyl sites for hydroxylation is 1. The molecule has 0 unspecified atom stereocenters. The van der Waals surface area contributed by atoms with Crippen molar-refractivity contribution >= 4 is 33.1 Å². The van der Waals surface area contributed by atoms with Gasteiger partial charge in [0, 0.05) is 30.4 Å². The molecule has 2 aromatic heterocycles. The molecule has 1 saturated heterocycles. The fourth-order valence-corrected chi connectivity index (χ4v) is 5.49. The summed E-state index contributed by atoms with van der Waals surface area (Å²) in [5, 5.41) is 2.74. The number of nitrogens with zero attached hydrogens (tertiary/aromatic N) is 3. The first kappa shape index (κ1) is 15.9. The number of piperidine rings is 1. The van der Waals surface area contributed by atoms with Crippen LogP contribution in [0.25, 0.3) is 0 Å². The van der Waals surface area contributed by atoms with Crippen LogP contribution in [0.2, 0.25) is 0 Å². The molecule has 3 rings (SSSR count). The van der Waals surface area contributed by atoms with Crippen molar-refractivity contribution in [3.05, 3.63) is 29.4 Å². The van der Waals surface area contributed by atoms with Gasteiger partial charge >= 0.3 is 0 Å². The van der Waals surface area contributed by atoms with Gasteiger partial charge in [0.25, 0.3) is 0 Å². The van der Waals surface area contributed by atoms with Gasteiger partial charge in [0.1, 0.15) is 9.92 Å². The van der Waals surface area contributed by atoms with Gasteiger partial charge in [0.15, 0.2) is 4.34 Å². The average Bonchev–Trinajstić information content (AvgIpc) is 2.94. The number of hydrogen-bond acceptors (Lipinski definition) is 6. The lowest BCUT2D eigenvalue weighted by atomic mass is 10.2. The molecule has 0 radical (unpaired) electrons. The van der Waals surface area contributed by atoms with E-state index >= 15 is 0 Å². The quantitative estimate of drug-likeness (QED) is 0.843. The fraction of sp³-hybridized carbons (Fsp3) is 0.429. The van der Waals surface area contributed by atoms with Gasteiger partial charge in [-0.15, -0.1) is 11.3 Å². The average molecular weight is 356 g/mol. The summed E-state index contributed by atoms with van der Waals surface area (Å²) in [5.74, 6) is 0. The van der Waals surface area contributed by atoms with Gasteiger partial charge in [0.05, 0.1) is 0 Å². The van der Waals surface area contributed by atoms with Crippen LogP contribution in [0, 0.1) is 6.92 Å². The monoisotopic (exact) mass is 355 g/mol. The first-order chi connectivity index (χ1) is 10.6. The summed E-state index contributed by atoms with van der Waals surface area (Å²) in [4.78, 5) is 8.91. The van der Waals surface area contributed by atoms with Crippen molar-refractivity contribution in [2.75, 3.05) is 13.1 Å². The van der Waals surface area contributed by atoms with E-state index in [-0.39, 0.29) is 4.90 Å². The summed E-state index contributed by atoms with van der Waals surface area (Å²) in [7, 11) is -3.40. The molecule has 0 bridgehead atoms. The van der Waals surface area contributed by atoms with Crippen LogP contribution >= 0.6 is 23.1 Å². The van der Waals surface area contributed by atoms with Gasteiger partial charge in [-0.05, 0) is 43.7 Å². The minimum absolute atomic E-state index is 0.272. The SMILES string of the molecule is Cc1csc(Sc2ccc(S(=O)(=O)N3CCCCC3)cn2)n1. The number of pyridine rings is 1. The molecule has 2 aromatic rings. The van der Waals surface area contributed by atoms with E-state index in [9.17, 15) is 8.42 Å². The van der Waals surface area contributed by atoms with E-state index in [1.165, 1.54) is 18.0 Å². The van der Waals surface area contributed by atoms with E-state index in [2.05, 4.69) is 9.97 Å². The van der Waals surface area contributed by atoms with E-state index in [4.69, 9.17) is 0 Å². The zero-order valence-corrected chi connectivity index (χ0v) is 14.7.